The summed E-state index contributed by atoms with van der Waals surface area (Å²) in [5, 5.41) is 0.718. The summed E-state index contributed by atoms with van der Waals surface area (Å²) in [7, 11) is 2.05. The number of rotatable bonds is 4. The molecule has 0 heterocycles. The molecule has 0 aromatic heterocycles. The third-order valence-electron chi connectivity index (χ3n) is 2.95. The molecule has 0 amide bonds. The zero-order valence-corrected chi connectivity index (χ0v) is 13.6. The van der Waals surface area contributed by atoms with Gasteiger partial charge in [-0.3, -0.25) is 0 Å². The number of alkyl halides is 1. The normalized spacial score (nSPS) is 10.5. The van der Waals surface area contributed by atoms with E-state index < -0.39 is 0 Å². The Balaban J connectivity index is 2.13. The first-order valence-electron chi connectivity index (χ1n) is 5.90. The van der Waals surface area contributed by atoms with Gasteiger partial charge in [-0.2, -0.15) is 0 Å². The Morgan fingerprint density at radius 1 is 1.11 bits per heavy atom. The fraction of sp³-hybridized carbons (Fsp3) is 0.200. The van der Waals surface area contributed by atoms with Crippen LogP contribution in [0.2, 0.25) is 5.02 Å². The van der Waals surface area contributed by atoms with Crippen molar-refractivity contribution in [3.05, 3.63) is 63.1 Å². The highest BCUT2D eigenvalue weighted by Gasteiger charge is 2.05. The molecule has 19 heavy (non-hydrogen) atoms. The highest BCUT2D eigenvalue weighted by Crippen LogP contribution is 2.25. The highest BCUT2D eigenvalue weighted by atomic mass is 79.9. The van der Waals surface area contributed by atoms with E-state index in [1.807, 2.05) is 37.4 Å². The van der Waals surface area contributed by atoms with Crippen LogP contribution in [0.15, 0.2) is 46.9 Å². The summed E-state index contributed by atoms with van der Waals surface area (Å²) in [5.74, 6) is 0.440. The third kappa shape index (κ3) is 3.88. The van der Waals surface area contributed by atoms with Crippen molar-refractivity contribution in [3.8, 4) is 0 Å². The van der Waals surface area contributed by atoms with Crippen LogP contribution in [-0.4, -0.2) is 7.05 Å². The van der Waals surface area contributed by atoms with Crippen LogP contribution in [0.5, 0.6) is 0 Å². The quantitative estimate of drug-likeness (QED) is 0.654. The second kappa shape index (κ2) is 6.65. The van der Waals surface area contributed by atoms with Crippen LogP contribution < -0.4 is 4.90 Å². The molecule has 0 radical (unpaired) electrons. The number of halogens is 3. The Morgan fingerprint density at radius 3 is 2.37 bits per heavy atom. The van der Waals surface area contributed by atoms with E-state index in [2.05, 4.69) is 33.0 Å². The smallest absolute Gasteiger partial charge is 0.0488 e. The van der Waals surface area contributed by atoms with E-state index in [-0.39, 0.29) is 0 Å². The van der Waals surface area contributed by atoms with Gasteiger partial charge in [0.15, 0.2) is 0 Å². The summed E-state index contributed by atoms with van der Waals surface area (Å²) in [4.78, 5) is 2.16. The maximum atomic E-state index is 6.18. The lowest BCUT2D eigenvalue weighted by Gasteiger charge is -2.20. The molecule has 0 spiro atoms. The molecule has 0 saturated heterocycles. The number of hydrogen-bond acceptors (Lipinski definition) is 1. The zero-order chi connectivity index (χ0) is 13.8. The molecular weight excluding hydrogens is 345 g/mol. The molecule has 0 bridgehead atoms. The summed E-state index contributed by atoms with van der Waals surface area (Å²) in [5.41, 5.74) is 3.30. The molecule has 1 nitrogen and oxygen atoms in total. The topological polar surface area (TPSA) is 3.24 Å². The molecule has 2 rings (SSSR count). The summed E-state index contributed by atoms with van der Waals surface area (Å²) in [6.07, 6.45) is 0. The van der Waals surface area contributed by atoms with Gasteiger partial charge in [0.2, 0.25) is 0 Å². The van der Waals surface area contributed by atoms with Crippen molar-refractivity contribution in [2.45, 2.75) is 12.4 Å². The van der Waals surface area contributed by atoms with E-state index in [1.165, 1.54) is 5.56 Å². The highest BCUT2D eigenvalue weighted by molar-refractivity contribution is 9.10. The van der Waals surface area contributed by atoms with Crippen molar-refractivity contribution in [1.29, 1.82) is 0 Å². The van der Waals surface area contributed by atoms with E-state index in [0.717, 1.165) is 27.3 Å². The van der Waals surface area contributed by atoms with Gasteiger partial charge in [0, 0.05) is 34.7 Å². The van der Waals surface area contributed by atoms with E-state index in [9.17, 15) is 0 Å². The molecular formula is C15H14BrCl2N. The van der Waals surface area contributed by atoms with Crippen molar-refractivity contribution >= 4 is 44.8 Å². The molecule has 0 N–H and O–H groups in total. The second-order valence-electron chi connectivity index (χ2n) is 4.39. The molecule has 0 aliphatic carbocycles. The molecule has 4 heteroatoms. The van der Waals surface area contributed by atoms with Crippen molar-refractivity contribution in [2.75, 3.05) is 11.9 Å². The SMILES string of the molecule is CN(Cc1ccc(Br)cc1)c1ccc(CCl)c(Cl)c1. The van der Waals surface area contributed by atoms with Gasteiger partial charge in [-0.25, -0.2) is 0 Å². The average molecular weight is 359 g/mol. The van der Waals surface area contributed by atoms with E-state index in [1.54, 1.807) is 0 Å². The van der Waals surface area contributed by atoms with Crippen molar-refractivity contribution in [3.63, 3.8) is 0 Å². The van der Waals surface area contributed by atoms with E-state index >= 15 is 0 Å². The van der Waals surface area contributed by atoms with Gasteiger partial charge in [-0.15, -0.1) is 11.6 Å². The van der Waals surface area contributed by atoms with Crippen LogP contribution in [0, 0.1) is 0 Å². The van der Waals surface area contributed by atoms with Crippen molar-refractivity contribution in [2.24, 2.45) is 0 Å². The zero-order valence-electron chi connectivity index (χ0n) is 10.5. The molecule has 100 valence electrons. The minimum atomic E-state index is 0.440. The largest absolute Gasteiger partial charge is 0.370 e. The van der Waals surface area contributed by atoms with Gasteiger partial charge in [-0.1, -0.05) is 45.7 Å². The number of hydrogen-bond donors (Lipinski definition) is 0. The molecule has 0 atom stereocenters. The standard InChI is InChI=1S/C15H14BrCl2N/c1-19(10-11-2-5-13(16)6-3-11)14-7-4-12(9-17)15(18)8-14/h2-8H,9-10H2,1H3. The summed E-state index contributed by atoms with van der Waals surface area (Å²) < 4.78 is 1.09. The van der Waals surface area contributed by atoms with E-state index in [0.29, 0.717) is 5.88 Å². The molecule has 0 aliphatic rings. The lowest BCUT2D eigenvalue weighted by atomic mass is 10.2. The second-order valence-corrected chi connectivity index (χ2v) is 5.98. The molecule has 0 aliphatic heterocycles. The first-order valence-corrected chi connectivity index (χ1v) is 7.60. The molecule has 0 unspecified atom stereocenters. The van der Waals surface area contributed by atoms with Gasteiger partial charge >= 0.3 is 0 Å². The monoisotopic (exact) mass is 357 g/mol. The Morgan fingerprint density at radius 2 is 1.79 bits per heavy atom. The first kappa shape index (κ1) is 14.7. The predicted molar refractivity (Wildman–Crippen MR) is 87.3 cm³/mol. The molecule has 2 aromatic rings. The average Bonchev–Trinajstić information content (AvgIpc) is 2.41. The van der Waals surface area contributed by atoms with Crippen LogP contribution in [-0.2, 0) is 12.4 Å². The van der Waals surface area contributed by atoms with Crippen molar-refractivity contribution < 1.29 is 0 Å². The van der Waals surface area contributed by atoms with Gasteiger partial charge in [-0.05, 0) is 35.4 Å². The lowest BCUT2D eigenvalue weighted by molar-refractivity contribution is 0.922. The first-order chi connectivity index (χ1) is 9.10. The minimum absolute atomic E-state index is 0.440. The fourth-order valence-electron chi connectivity index (χ4n) is 1.84. The van der Waals surface area contributed by atoms with E-state index in [4.69, 9.17) is 23.2 Å². The Bertz CT molecular complexity index is 555. The van der Waals surface area contributed by atoms with Gasteiger partial charge in [0.1, 0.15) is 0 Å². The van der Waals surface area contributed by atoms with Gasteiger partial charge < -0.3 is 4.90 Å². The van der Waals surface area contributed by atoms with Crippen LogP contribution >= 0.6 is 39.1 Å². The van der Waals surface area contributed by atoms with Crippen LogP contribution in [0.4, 0.5) is 5.69 Å². The predicted octanol–water partition coefficient (Wildman–Crippen LogP) is 5.48. The summed E-state index contributed by atoms with van der Waals surface area (Å²) >= 11 is 15.4. The van der Waals surface area contributed by atoms with Gasteiger partial charge in [0.25, 0.3) is 0 Å². The number of nitrogens with zero attached hydrogens (tertiary/aromatic N) is 1. The Labute approximate surface area is 132 Å². The van der Waals surface area contributed by atoms with Gasteiger partial charge in [0.05, 0.1) is 0 Å². The van der Waals surface area contributed by atoms with Crippen molar-refractivity contribution in [1.82, 2.24) is 0 Å². The van der Waals surface area contributed by atoms with Crippen LogP contribution in [0.3, 0.4) is 0 Å². The summed E-state index contributed by atoms with van der Waals surface area (Å²) in [6.45, 7) is 0.837. The lowest BCUT2D eigenvalue weighted by Crippen LogP contribution is -2.16. The third-order valence-corrected chi connectivity index (χ3v) is 4.12. The van der Waals surface area contributed by atoms with Crippen LogP contribution in [0.1, 0.15) is 11.1 Å². The Kier molecular flexibility index (Phi) is 5.14. The maximum Gasteiger partial charge on any atom is 0.0488 e. The number of anilines is 1. The maximum absolute atomic E-state index is 6.18. The summed E-state index contributed by atoms with van der Waals surface area (Å²) in [6, 6.07) is 14.3. The molecule has 0 fully saturated rings. The molecule has 2 aromatic carbocycles. The molecule has 0 saturated carbocycles. The minimum Gasteiger partial charge on any atom is -0.370 e. The number of benzene rings is 2. The Hall–Kier alpha value is -0.700. The van der Waals surface area contributed by atoms with Crippen LogP contribution in [0.25, 0.3) is 0 Å². The fourth-order valence-corrected chi connectivity index (χ4v) is 2.64.